The number of carbonyl (C=O) groups excluding carboxylic acids is 1. The molecule has 1 heterocycles. The molecule has 1 saturated heterocycles. The fraction of sp³-hybridized carbons (Fsp3) is 0.588. The summed E-state index contributed by atoms with van der Waals surface area (Å²) in [6, 6.07) is 7.70. The highest BCUT2D eigenvalue weighted by Crippen LogP contribution is 2.25. The van der Waals surface area contributed by atoms with E-state index in [1.54, 1.807) is 0 Å². The van der Waals surface area contributed by atoms with Gasteiger partial charge in [0, 0.05) is 24.7 Å². The molecule has 1 aromatic rings. The van der Waals surface area contributed by atoms with Gasteiger partial charge in [-0.3, -0.25) is 4.79 Å². The van der Waals surface area contributed by atoms with E-state index < -0.39 is 0 Å². The number of rotatable bonds is 3. The van der Waals surface area contributed by atoms with Crippen LogP contribution in [0.15, 0.2) is 24.3 Å². The lowest BCUT2D eigenvalue weighted by Crippen LogP contribution is -2.45. The molecular weight excluding hydrogens is 264 g/mol. The van der Waals surface area contributed by atoms with Crippen molar-refractivity contribution in [1.82, 2.24) is 4.90 Å². The Kier molecular flexibility index (Phi) is 4.44. The quantitative estimate of drug-likeness (QED) is 0.930. The number of ether oxygens (including phenoxy) is 1. The molecule has 1 saturated carbocycles. The molecule has 1 aromatic carbocycles. The van der Waals surface area contributed by atoms with E-state index in [1.165, 1.54) is 12.8 Å². The molecular formula is C17H24N2O2. The standard InChI is InChI=1S/C17H24N2O2/c18-14-6-4-10-19(12-14)17(20)13-5-3-9-16(11-13)21-15-7-1-2-8-15/h3,5,9,11,14-15H,1-2,4,6-8,10,12,18H2. The molecule has 1 amide bonds. The van der Waals surface area contributed by atoms with Crippen LogP contribution in [0.3, 0.4) is 0 Å². The number of piperidine rings is 1. The zero-order valence-corrected chi connectivity index (χ0v) is 12.5. The van der Waals surface area contributed by atoms with Crippen LogP contribution in [0, 0.1) is 0 Å². The first-order valence-corrected chi connectivity index (χ1v) is 8.04. The van der Waals surface area contributed by atoms with Crippen LogP contribution in [0.4, 0.5) is 0 Å². The van der Waals surface area contributed by atoms with Crippen LogP contribution in [0.25, 0.3) is 0 Å². The monoisotopic (exact) mass is 288 g/mol. The van der Waals surface area contributed by atoms with Crippen LogP contribution in [0.1, 0.15) is 48.9 Å². The third-order valence-corrected chi connectivity index (χ3v) is 4.43. The number of benzene rings is 1. The van der Waals surface area contributed by atoms with E-state index in [0.717, 1.165) is 38.0 Å². The van der Waals surface area contributed by atoms with Gasteiger partial charge < -0.3 is 15.4 Å². The Balaban J connectivity index is 1.68. The van der Waals surface area contributed by atoms with Gasteiger partial charge in [-0.15, -0.1) is 0 Å². The van der Waals surface area contributed by atoms with Gasteiger partial charge in [-0.1, -0.05) is 6.07 Å². The predicted molar refractivity (Wildman–Crippen MR) is 82.4 cm³/mol. The fourth-order valence-electron chi connectivity index (χ4n) is 3.28. The summed E-state index contributed by atoms with van der Waals surface area (Å²) >= 11 is 0. The smallest absolute Gasteiger partial charge is 0.254 e. The first kappa shape index (κ1) is 14.4. The second-order valence-electron chi connectivity index (χ2n) is 6.21. The molecule has 1 aliphatic heterocycles. The average molecular weight is 288 g/mol. The van der Waals surface area contributed by atoms with E-state index >= 15 is 0 Å². The van der Waals surface area contributed by atoms with Gasteiger partial charge >= 0.3 is 0 Å². The topological polar surface area (TPSA) is 55.6 Å². The minimum absolute atomic E-state index is 0.0713. The zero-order chi connectivity index (χ0) is 14.7. The second kappa shape index (κ2) is 6.48. The van der Waals surface area contributed by atoms with Crippen LogP contribution < -0.4 is 10.5 Å². The summed E-state index contributed by atoms with van der Waals surface area (Å²) in [5.41, 5.74) is 6.67. The molecule has 2 fully saturated rings. The van der Waals surface area contributed by atoms with Crippen molar-refractivity contribution in [2.24, 2.45) is 5.73 Å². The molecule has 0 spiro atoms. The molecule has 114 valence electrons. The Hall–Kier alpha value is -1.55. The highest BCUT2D eigenvalue weighted by molar-refractivity contribution is 5.94. The van der Waals surface area contributed by atoms with E-state index in [0.29, 0.717) is 18.2 Å². The SMILES string of the molecule is NC1CCCN(C(=O)c2cccc(OC3CCCC3)c2)C1. The minimum Gasteiger partial charge on any atom is -0.490 e. The maximum Gasteiger partial charge on any atom is 0.254 e. The maximum absolute atomic E-state index is 12.5. The zero-order valence-electron chi connectivity index (χ0n) is 12.5. The van der Waals surface area contributed by atoms with E-state index in [2.05, 4.69) is 0 Å². The third kappa shape index (κ3) is 3.56. The molecule has 21 heavy (non-hydrogen) atoms. The highest BCUT2D eigenvalue weighted by Gasteiger charge is 2.23. The number of carbonyl (C=O) groups is 1. The van der Waals surface area contributed by atoms with E-state index in [1.807, 2.05) is 29.2 Å². The molecule has 1 aliphatic carbocycles. The Labute approximate surface area is 126 Å². The van der Waals surface area contributed by atoms with Gasteiger partial charge in [0.15, 0.2) is 0 Å². The Morgan fingerprint density at radius 1 is 1.19 bits per heavy atom. The minimum atomic E-state index is 0.0713. The van der Waals surface area contributed by atoms with Crippen molar-refractivity contribution in [2.75, 3.05) is 13.1 Å². The summed E-state index contributed by atoms with van der Waals surface area (Å²) in [5, 5.41) is 0. The van der Waals surface area contributed by atoms with Crippen molar-refractivity contribution in [3.05, 3.63) is 29.8 Å². The normalized spacial score (nSPS) is 23.3. The van der Waals surface area contributed by atoms with Gasteiger partial charge in [0.1, 0.15) is 5.75 Å². The van der Waals surface area contributed by atoms with Crippen molar-refractivity contribution in [1.29, 1.82) is 0 Å². The summed E-state index contributed by atoms with van der Waals surface area (Å²) in [5.74, 6) is 0.885. The lowest BCUT2D eigenvalue weighted by molar-refractivity contribution is 0.0708. The van der Waals surface area contributed by atoms with E-state index in [9.17, 15) is 4.79 Å². The van der Waals surface area contributed by atoms with Crippen molar-refractivity contribution < 1.29 is 9.53 Å². The fourth-order valence-corrected chi connectivity index (χ4v) is 3.28. The first-order valence-electron chi connectivity index (χ1n) is 8.04. The van der Waals surface area contributed by atoms with E-state index in [4.69, 9.17) is 10.5 Å². The molecule has 2 aliphatic rings. The van der Waals surface area contributed by atoms with Crippen LogP contribution >= 0.6 is 0 Å². The maximum atomic E-state index is 12.5. The van der Waals surface area contributed by atoms with Crippen molar-refractivity contribution >= 4 is 5.91 Å². The van der Waals surface area contributed by atoms with Crippen molar-refractivity contribution in [3.8, 4) is 5.75 Å². The number of likely N-dealkylation sites (tertiary alicyclic amines) is 1. The lowest BCUT2D eigenvalue weighted by atomic mass is 10.1. The summed E-state index contributed by atoms with van der Waals surface area (Å²) < 4.78 is 5.98. The summed E-state index contributed by atoms with van der Waals surface area (Å²) in [4.78, 5) is 14.4. The average Bonchev–Trinajstić information content (AvgIpc) is 3.00. The number of hydrogen-bond acceptors (Lipinski definition) is 3. The van der Waals surface area contributed by atoms with Gasteiger partial charge in [0.25, 0.3) is 5.91 Å². The molecule has 1 unspecified atom stereocenters. The Morgan fingerprint density at radius 2 is 2.00 bits per heavy atom. The van der Waals surface area contributed by atoms with Gasteiger partial charge in [0.2, 0.25) is 0 Å². The molecule has 4 nitrogen and oxygen atoms in total. The summed E-state index contributed by atoms with van der Waals surface area (Å²) in [6.07, 6.45) is 7.06. The number of amides is 1. The number of nitrogens with zero attached hydrogens (tertiary/aromatic N) is 1. The first-order chi connectivity index (χ1) is 10.2. The van der Waals surface area contributed by atoms with Gasteiger partial charge in [-0.2, -0.15) is 0 Å². The van der Waals surface area contributed by atoms with Crippen molar-refractivity contribution in [3.63, 3.8) is 0 Å². The van der Waals surface area contributed by atoms with Crippen LogP contribution in [0.2, 0.25) is 0 Å². The summed E-state index contributed by atoms with van der Waals surface area (Å²) in [7, 11) is 0. The highest BCUT2D eigenvalue weighted by atomic mass is 16.5. The van der Waals surface area contributed by atoms with Crippen LogP contribution in [-0.4, -0.2) is 36.0 Å². The third-order valence-electron chi connectivity index (χ3n) is 4.43. The Bertz CT molecular complexity index is 497. The lowest BCUT2D eigenvalue weighted by Gasteiger charge is -2.30. The van der Waals surface area contributed by atoms with Gasteiger partial charge in [0.05, 0.1) is 6.10 Å². The molecule has 2 N–H and O–H groups in total. The van der Waals surface area contributed by atoms with Gasteiger partial charge in [-0.05, 0) is 56.7 Å². The predicted octanol–water partition coefficient (Wildman–Crippen LogP) is 2.57. The van der Waals surface area contributed by atoms with E-state index in [-0.39, 0.29) is 11.9 Å². The largest absolute Gasteiger partial charge is 0.490 e. The molecule has 0 bridgehead atoms. The molecule has 3 rings (SSSR count). The Morgan fingerprint density at radius 3 is 2.76 bits per heavy atom. The second-order valence-corrected chi connectivity index (χ2v) is 6.21. The summed E-state index contributed by atoms with van der Waals surface area (Å²) in [6.45, 7) is 1.47. The number of nitrogens with two attached hydrogens (primary N) is 1. The molecule has 0 radical (unpaired) electrons. The van der Waals surface area contributed by atoms with Gasteiger partial charge in [-0.25, -0.2) is 0 Å². The molecule has 1 atom stereocenters. The van der Waals surface area contributed by atoms with Crippen LogP contribution in [-0.2, 0) is 0 Å². The number of hydrogen-bond donors (Lipinski definition) is 1. The molecule has 4 heteroatoms. The molecule has 0 aromatic heterocycles. The van der Waals surface area contributed by atoms with Crippen LogP contribution in [0.5, 0.6) is 5.75 Å². The van der Waals surface area contributed by atoms with Crippen molar-refractivity contribution in [2.45, 2.75) is 50.7 Å².